The molecule has 0 aromatic heterocycles. The molecule has 0 aliphatic carbocycles. The van der Waals surface area contributed by atoms with Crippen LogP contribution in [0.5, 0.6) is 5.75 Å². The minimum Gasteiger partial charge on any atom is -0.462 e. The Labute approximate surface area is 187 Å². The first-order valence-corrected chi connectivity index (χ1v) is 11.7. The van der Waals surface area contributed by atoms with Gasteiger partial charge in [-0.05, 0) is 80.6 Å². The summed E-state index contributed by atoms with van der Waals surface area (Å²) in [7, 11) is 2.17. The molecule has 3 aliphatic heterocycles. The van der Waals surface area contributed by atoms with Crippen LogP contribution in [0.3, 0.4) is 0 Å². The number of fused-ring (bicyclic) bond motifs is 2. The van der Waals surface area contributed by atoms with Crippen LogP contribution in [-0.2, 0) is 17.4 Å². The van der Waals surface area contributed by atoms with Gasteiger partial charge in [-0.1, -0.05) is 45.0 Å². The quantitative estimate of drug-likeness (QED) is 0.587. The topological polar surface area (TPSA) is 15.7 Å². The summed E-state index contributed by atoms with van der Waals surface area (Å²) in [5.41, 5.74) is 5.95. The number of ether oxygens (including phenoxy) is 1. The zero-order valence-corrected chi connectivity index (χ0v) is 20.0. The van der Waals surface area contributed by atoms with Gasteiger partial charge in [-0.3, -0.25) is 4.90 Å². The van der Waals surface area contributed by atoms with E-state index in [2.05, 4.69) is 100 Å². The number of likely N-dealkylation sites (tertiary alicyclic amines) is 1. The smallest absolute Gasteiger partial charge is 0.211 e. The predicted octanol–water partition coefficient (Wildman–Crippen LogP) is 6.11. The van der Waals surface area contributed by atoms with Gasteiger partial charge in [0.25, 0.3) is 0 Å². The molecule has 31 heavy (non-hydrogen) atoms. The minimum absolute atomic E-state index is 0.109. The van der Waals surface area contributed by atoms with Crippen LogP contribution in [0.25, 0.3) is 6.08 Å². The second-order valence-corrected chi connectivity index (χ2v) is 11.1. The highest BCUT2D eigenvalue weighted by atomic mass is 16.5. The van der Waals surface area contributed by atoms with Gasteiger partial charge in [-0.25, -0.2) is 0 Å². The van der Waals surface area contributed by atoms with Gasteiger partial charge in [0.2, 0.25) is 5.72 Å². The van der Waals surface area contributed by atoms with E-state index < -0.39 is 5.72 Å². The zero-order chi connectivity index (χ0) is 22.0. The van der Waals surface area contributed by atoms with E-state index in [-0.39, 0.29) is 10.8 Å². The second-order valence-electron chi connectivity index (χ2n) is 11.1. The highest BCUT2D eigenvalue weighted by molar-refractivity contribution is 5.73. The van der Waals surface area contributed by atoms with Crippen LogP contribution in [0.2, 0.25) is 0 Å². The van der Waals surface area contributed by atoms with E-state index in [1.54, 1.807) is 0 Å². The third-order valence-electron chi connectivity index (χ3n) is 7.73. The lowest BCUT2D eigenvalue weighted by atomic mass is 9.76. The number of para-hydroxylation sites is 1. The molecule has 0 radical (unpaired) electrons. The molecule has 2 aromatic carbocycles. The van der Waals surface area contributed by atoms with Crippen molar-refractivity contribution in [2.45, 2.75) is 70.6 Å². The highest BCUT2D eigenvalue weighted by Crippen LogP contribution is 2.54. The number of likely N-dealkylation sites (N-methyl/N-ethyl adjacent to an activating group) is 1. The second kappa shape index (κ2) is 6.87. The van der Waals surface area contributed by atoms with E-state index in [1.807, 2.05) is 0 Å². The van der Waals surface area contributed by atoms with Gasteiger partial charge in [0.05, 0.1) is 5.41 Å². The summed E-state index contributed by atoms with van der Waals surface area (Å²) in [5.74, 6) is 1.06. The highest BCUT2D eigenvalue weighted by Gasteiger charge is 2.57. The maximum absolute atomic E-state index is 7.11. The Morgan fingerprint density at radius 3 is 2.42 bits per heavy atom. The van der Waals surface area contributed by atoms with Crippen molar-refractivity contribution < 1.29 is 4.74 Å². The molecule has 0 bridgehead atoms. The fourth-order valence-electron chi connectivity index (χ4n) is 5.69. The van der Waals surface area contributed by atoms with Crippen molar-refractivity contribution in [3.8, 4) is 5.75 Å². The van der Waals surface area contributed by atoms with Crippen LogP contribution in [-0.4, -0.2) is 30.8 Å². The average molecular weight is 417 g/mol. The zero-order valence-electron chi connectivity index (χ0n) is 20.0. The lowest BCUT2D eigenvalue weighted by Gasteiger charge is -2.46. The van der Waals surface area contributed by atoms with E-state index in [4.69, 9.17) is 4.74 Å². The molecular weight excluding hydrogens is 380 g/mol. The van der Waals surface area contributed by atoms with Crippen molar-refractivity contribution >= 4 is 11.8 Å². The van der Waals surface area contributed by atoms with Gasteiger partial charge in [0.1, 0.15) is 5.75 Å². The van der Waals surface area contributed by atoms with Crippen molar-refractivity contribution in [3.63, 3.8) is 0 Å². The molecule has 3 aliphatic rings. The summed E-state index contributed by atoms with van der Waals surface area (Å²) < 4.78 is 7.11. The Kier molecular flexibility index (Phi) is 4.57. The maximum atomic E-state index is 7.11. The van der Waals surface area contributed by atoms with E-state index in [1.165, 1.54) is 53.9 Å². The molecule has 0 saturated carbocycles. The monoisotopic (exact) mass is 416 g/mol. The summed E-state index contributed by atoms with van der Waals surface area (Å²) in [6, 6.07) is 13.5. The summed E-state index contributed by atoms with van der Waals surface area (Å²) in [4.78, 5) is 4.91. The lowest BCUT2D eigenvalue weighted by Crippen LogP contribution is -2.58. The van der Waals surface area contributed by atoms with Crippen molar-refractivity contribution in [1.29, 1.82) is 0 Å². The standard InChI is InChI=1S/C28H36N2O/c1-26(2,3)22-17-20-13-14-28(27(4,5)23-11-7-8-12-24(23)29(28)6)31-25(20)21(18-22)19-30-15-9-10-16-30/h7-8,11-14,17-18H,9-10,15-16,19H2,1-6H3. The summed E-state index contributed by atoms with van der Waals surface area (Å²) in [6.07, 6.45) is 7.21. The Balaban J connectivity index is 1.63. The van der Waals surface area contributed by atoms with Gasteiger partial charge in [0.15, 0.2) is 0 Å². The Morgan fingerprint density at radius 2 is 1.74 bits per heavy atom. The number of benzene rings is 2. The molecule has 3 heterocycles. The lowest BCUT2D eigenvalue weighted by molar-refractivity contribution is 0.0563. The van der Waals surface area contributed by atoms with Crippen molar-refractivity contribution in [2.24, 2.45) is 0 Å². The minimum atomic E-state index is -0.521. The number of hydrogen-bond donors (Lipinski definition) is 0. The molecule has 0 N–H and O–H groups in total. The number of rotatable bonds is 2. The maximum Gasteiger partial charge on any atom is 0.211 e. The molecular formula is C28H36N2O. The fourth-order valence-corrected chi connectivity index (χ4v) is 5.69. The van der Waals surface area contributed by atoms with Gasteiger partial charge in [0, 0.05) is 30.4 Å². The molecule has 1 fully saturated rings. The number of nitrogens with zero attached hydrogens (tertiary/aromatic N) is 2. The molecule has 5 rings (SSSR count). The van der Waals surface area contributed by atoms with E-state index in [9.17, 15) is 0 Å². The molecule has 2 aromatic rings. The first kappa shape index (κ1) is 20.6. The number of hydrogen-bond acceptors (Lipinski definition) is 3. The van der Waals surface area contributed by atoms with Gasteiger partial charge in [-0.2, -0.15) is 0 Å². The first-order chi connectivity index (χ1) is 14.6. The van der Waals surface area contributed by atoms with Crippen molar-refractivity contribution in [2.75, 3.05) is 25.0 Å². The van der Waals surface area contributed by atoms with E-state index in [0.29, 0.717) is 0 Å². The fraction of sp³-hybridized carbons (Fsp3) is 0.500. The van der Waals surface area contributed by atoms with Crippen LogP contribution >= 0.6 is 0 Å². The summed E-state index contributed by atoms with van der Waals surface area (Å²) in [6.45, 7) is 14.9. The Bertz CT molecular complexity index is 1040. The third kappa shape index (κ3) is 3.04. The average Bonchev–Trinajstić information content (AvgIpc) is 3.29. The number of anilines is 1. The third-order valence-corrected chi connectivity index (χ3v) is 7.73. The van der Waals surface area contributed by atoms with Crippen LogP contribution in [0.15, 0.2) is 42.5 Å². The predicted molar refractivity (Wildman–Crippen MR) is 130 cm³/mol. The molecule has 1 unspecified atom stereocenters. The van der Waals surface area contributed by atoms with Crippen LogP contribution in [0.1, 0.15) is 69.7 Å². The molecule has 1 saturated heterocycles. The van der Waals surface area contributed by atoms with Crippen molar-refractivity contribution in [3.05, 3.63) is 64.7 Å². The van der Waals surface area contributed by atoms with Crippen molar-refractivity contribution in [1.82, 2.24) is 4.90 Å². The van der Waals surface area contributed by atoms with Crippen LogP contribution in [0.4, 0.5) is 5.69 Å². The van der Waals surface area contributed by atoms with Gasteiger partial charge >= 0.3 is 0 Å². The van der Waals surface area contributed by atoms with Crippen LogP contribution < -0.4 is 9.64 Å². The molecule has 1 atom stereocenters. The summed E-state index contributed by atoms with van der Waals surface area (Å²) >= 11 is 0. The largest absolute Gasteiger partial charge is 0.462 e. The molecule has 3 nitrogen and oxygen atoms in total. The Morgan fingerprint density at radius 1 is 1.03 bits per heavy atom. The normalized spacial score (nSPS) is 24.4. The first-order valence-electron chi connectivity index (χ1n) is 11.7. The molecule has 164 valence electrons. The van der Waals surface area contributed by atoms with Crippen LogP contribution in [0, 0.1) is 0 Å². The molecule has 0 amide bonds. The SMILES string of the molecule is CN1c2ccccc2C(C)(C)C12C=Cc1cc(C(C)(C)C)cc(CN3CCCC3)c1O2. The van der Waals surface area contributed by atoms with Gasteiger partial charge < -0.3 is 9.64 Å². The van der Waals surface area contributed by atoms with E-state index in [0.717, 1.165) is 12.3 Å². The molecule has 1 spiro atoms. The Hall–Kier alpha value is -2.26. The summed E-state index contributed by atoms with van der Waals surface area (Å²) in [5, 5.41) is 0. The molecule has 3 heteroatoms. The van der Waals surface area contributed by atoms with E-state index >= 15 is 0 Å². The van der Waals surface area contributed by atoms with Gasteiger partial charge in [-0.15, -0.1) is 0 Å².